The van der Waals surface area contributed by atoms with E-state index in [1.807, 2.05) is 36.4 Å². The van der Waals surface area contributed by atoms with Crippen LogP contribution in [0, 0.1) is 0 Å². The third kappa shape index (κ3) is 4.91. The van der Waals surface area contributed by atoms with Gasteiger partial charge in [-0.25, -0.2) is 0 Å². The second-order valence-corrected chi connectivity index (χ2v) is 5.33. The van der Waals surface area contributed by atoms with Crippen LogP contribution in [0.15, 0.2) is 54.6 Å². The molecule has 0 aliphatic carbocycles. The standard InChI is InChI=1S/C19H24O2/c1-2-3-5-14-19(16-10-6-4-7-11-16)21-15-17-12-8-9-13-18(17)20/h4,6-13,19-20H,2-3,5,14-15H2,1H3. The van der Waals surface area contributed by atoms with Crippen LogP contribution in [0.3, 0.4) is 0 Å². The molecule has 2 aromatic rings. The van der Waals surface area contributed by atoms with E-state index >= 15 is 0 Å². The highest BCUT2D eigenvalue weighted by Crippen LogP contribution is 2.27. The van der Waals surface area contributed by atoms with E-state index in [2.05, 4.69) is 19.1 Å². The molecule has 0 fully saturated rings. The summed E-state index contributed by atoms with van der Waals surface area (Å²) in [5, 5.41) is 9.83. The third-order valence-electron chi connectivity index (χ3n) is 3.67. The van der Waals surface area contributed by atoms with Gasteiger partial charge in [0.05, 0.1) is 12.7 Å². The molecule has 0 aromatic heterocycles. The van der Waals surface area contributed by atoms with Gasteiger partial charge >= 0.3 is 0 Å². The highest BCUT2D eigenvalue weighted by atomic mass is 16.5. The van der Waals surface area contributed by atoms with Crippen LogP contribution in [-0.4, -0.2) is 5.11 Å². The quantitative estimate of drug-likeness (QED) is 0.672. The van der Waals surface area contributed by atoms with Crippen LogP contribution in [0.25, 0.3) is 0 Å². The number of ether oxygens (including phenoxy) is 1. The van der Waals surface area contributed by atoms with Crippen molar-refractivity contribution in [2.75, 3.05) is 0 Å². The first kappa shape index (κ1) is 15.6. The fraction of sp³-hybridized carbons (Fsp3) is 0.368. The van der Waals surface area contributed by atoms with Gasteiger partial charge in [-0.3, -0.25) is 0 Å². The number of hydrogen-bond donors (Lipinski definition) is 1. The number of unbranched alkanes of at least 4 members (excludes halogenated alkanes) is 2. The van der Waals surface area contributed by atoms with Crippen molar-refractivity contribution in [1.82, 2.24) is 0 Å². The van der Waals surface area contributed by atoms with Gasteiger partial charge in [0.25, 0.3) is 0 Å². The molecule has 0 saturated heterocycles. The Morgan fingerprint density at radius 2 is 1.67 bits per heavy atom. The average molecular weight is 284 g/mol. The highest BCUT2D eigenvalue weighted by Gasteiger charge is 2.12. The molecule has 2 nitrogen and oxygen atoms in total. The Labute approximate surface area is 127 Å². The molecule has 0 radical (unpaired) electrons. The second-order valence-electron chi connectivity index (χ2n) is 5.33. The van der Waals surface area contributed by atoms with Gasteiger partial charge in [-0.15, -0.1) is 0 Å². The molecule has 1 atom stereocenters. The van der Waals surface area contributed by atoms with Crippen LogP contribution in [0.2, 0.25) is 0 Å². The maximum atomic E-state index is 9.83. The summed E-state index contributed by atoms with van der Waals surface area (Å²) in [6.45, 7) is 2.65. The fourth-order valence-corrected chi connectivity index (χ4v) is 2.42. The zero-order valence-corrected chi connectivity index (χ0v) is 12.7. The SMILES string of the molecule is CCCCCC(OCc1ccccc1O)c1ccccc1. The Kier molecular flexibility index (Phi) is 6.29. The lowest BCUT2D eigenvalue weighted by Gasteiger charge is -2.19. The molecule has 2 heteroatoms. The molecular weight excluding hydrogens is 260 g/mol. The van der Waals surface area contributed by atoms with Crippen molar-refractivity contribution in [3.63, 3.8) is 0 Å². The van der Waals surface area contributed by atoms with Crippen molar-refractivity contribution in [2.24, 2.45) is 0 Å². The molecule has 21 heavy (non-hydrogen) atoms. The Morgan fingerprint density at radius 3 is 2.38 bits per heavy atom. The number of benzene rings is 2. The lowest BCUT2D eigenvalue weighted by atomic mass is 10.0. The van der Waals surface area contributed by atoms with Crippen molar-refractivity contribution in [3.8, 4) is 5.75 Å². The van der Waals surface area contributed by atoms with Crippen LogP contribution >= 0.6 is 0 Å². The molecule has 0 bridgehead atoms. The third-order valence-corrected chi connectivity index (χ3v) is 3.67. The van der Waals surface area contributed by atoms with Gasteiger partial charge in [-0.2, -0.15) is 0 Å². The van der Waals surface area contributed by atoms with Gasteiger partial charge in [0, 0.05) is 5.56 Å². The maximum absolute atomic E-state index is 9.83. The summed E-state index contributed by atoms with van der Waals surface area (Å²) < 4.78 is 6.08. The largest absolute Gasteiger partial charge is 0.508 e. The van der Waals surface area contributed by atoms with Gasteiger partial charge in [0.2, 0.25) is 0 Å². The lowest BCUT2D eigenvalue weighted by Crippen LogP contribution is -2.05. The molecule has 0 aliphatic rings. The number of para-hydroxylation sites is 1. The molecule has 2 rings (SSSR count). The van der Waals surface area contributed by atoms with E-state index in [1.165, 1.54) is 18.4 Å². The number of hydrogen-bond acceptors (Lipinski definition) is 2. The van der Waals surface area contributed by atoms with Gasteiger partial charge in [0.15, 0.2) is 0 Å². The summed E-state index contributed by atoms with van der Waals surface area (Å²) in [4.78, 5) is 0. The molecule has 2 aromatic carbocycles. The Morgan fingerprint density at radius 1 is 0.952 bits per heavy atom. The first-order valence-corrected chi connectivity index (χ1v) is 7.74. The van der Waals surface area contributed by atoms with Gasteiger partial charge in [0.1, 0.15) is 5.75 Å². The zero-order chi connectivity index (χ0) is 14.9. The van der Waals surface area contributed by atoms with E-state index in [0.29, 0.717) is 12.4 Å². The number of rotatable bonds is 8. The fourth-order valence-electron chi connectivity index (χ4n) is 2.42. The van der Waals surface area contributed by atoms with Crippen LogP contribution in [0.1, 0.15) is 49.8 Å². The van der Waals surface area contributed by atoms with E-state index in [1.54, 1.807) is 6.07 Å². The van der Waals surface area contributed by atoms with E-state index in [0.717, 1.165) is 18.4 Å². The zero-order valence-electron chi connectivity index (χ0n) is 12.7. The molecule has 1 unspecified atom stereocenters. The molecule has 0 heterocycles. The summed E-state index contributed by atoms with van der Waals surface area (Å²) in [5.74, 6) is 0.304. The molecule has 0 aliphatic heterocycles. The summed E-state index contributed by atoms with van der Waals surface area (Å²) in [6, 6.07) is 17.7. The summed E-state index contributed by atoms with van der Waals surface area (Å²) in [5.41, 5.74) is 2.05. The van der Waals surface area contributed by atoms with E-state index in [9.17, 15) is 5.11 Å². The van der Waals surface area contributed by atoms with Crippen molar-refractivity contribution < 1.29 is 9.84 Å². The van der Waals surface area contributed by atoms with Crippen LogP contribution < -0.4 is 0 Å². The highest BCUT2D eigenvalue weighted by molar-refractivity contribution is 5.31. The van der Waals surface area contributed by atoms with Gasteiger partial charge < -0.3 is 9.84 Å². The average Bonchev–Trinajstić information content (AvgIpc) is 2.53. The first-order valence-electron chi connectivity index (χ1n) is 7.74. The Bertz CT molecular complexity index is 522. The summed E-state index contributed by atoms with van der Waals surface area (Å²) in [7, 11) is 0. The van der Waals surface area contributed by atoms with E-state index < -0.39 is 0 Å². The topological polar surface area (TPSA) is 29.5 Å². The van der Waals surface area contributed by atoms with Gasteiger partial charge in [-0.05, 0) is 18.1 Å². The lowest BCUT2D eigenvalue weighted by molar-refractivity contribution is 0.0312. The van der Waals surface area contributed by atoms with Crippen LogP contribution in [0.4, 0.5) is 0 Å². The number of aromatic hydroxyl groups is 1. The Balaban J connectivity index is 2.00. The number of phenolic OH excluding ortho intramolecular Hbond substituents is 1. The molecule has 112 valence electrons. The first-order chi connectivity index (χ1) is 10.3. The molecule has 0 spiro atoms. The van der Waals surface area contributed by atoms with Crippen molar-refractivity contribution in [3.05, 3.63) is 65.7 Å². The molecule has 0 amide bonds. The molecular formula is C19H24O2. The number of phenols is 1. The predicted molar refractivity (Wildman–Crippen MR) is 86.2 cm³/mol. The van der Waals surface area contributed by atoms with Crippen LogP contribution in [0.5, 0.6) is 5.75 Å². The molecule has 0 saturated carbocycles. The van der Waals surface area contributed by atoms with Crippen molar-refractivity contribution >= 4 is 0 Å². The van der Waals surface area contributed by atoms with Crippen molar-refractivity contribution in [1.29, 1.82) is 0 Å². The second kappa shape index (κ2) is 8.48. The minimum Gasteiger partial charge on any atom is -0.508 e. The monoisotopic (exact) mass is 284 g/mol. The summed E-state index contributed by atoms with van der Waals surface area (Å²) >= 11 is 0. The smallest absolute Gasteiger partial charge is 0.121 e. The van der Waals surface area contributed by atoms with Gasteiger partial charge in [-0.1, -0.05) is 74.7 Å². The van der Waals surface area contributed by atoms with E-state index in [-0.39, 0.29) is 6.10 Å². The summed E-state index contributed by atoms with van der Waals surface area (Å²) in [6.07, 6.45) is 4.71. The predicted octanol–water partition coefficient (Wildman–Crippen LogP) is 5.23. The minimum absolute atomic E-state index is 0.0948. The normalized spacial score (nSPS) is 12.2. The molecule has 1 N–H and O–H groups in total. The Hall–Kier alpha value is -1.80. The maximum Gasteiger partial charge on any atom is 0.121 e. The van der Waals surface area contributed by atoms with E-state index in [4.69, 9.17) is 4.74 Å². The minimum atomic E-state index is 0.0948. The van der Waals surface area contributed by atoms with Crippen molar-refractivity contribution in [2.45, 2.75) is 45.3 Å². The van der Waals surface area contributed by atoms with Crippen LogP contribution in [-0.2, 0) is 11.3 Å².